The summed E-state index contributed by atoms with van der Waals surface area (Å²) in [6, 6.07) is 17.3. The molecule has 0 bridgehead atoms. The Hall–Kier alpha value is -2.94. The molecule has 0 saturated carbocycles. The van der Waals surface area contributed by atoms with Crippen LogP contribution in [0.2, 0.25) is 0 Å². The van der Waals surface area contributed by atoms with Gasteiger partial charge in [0, 0.05) is 29.0 Å². The molecule has 142 valence electrons. The first kappa shape index (κ1) is 18.4. The molecule has 3 heteroatoms. The van der Waals surface area contributed by atoms with Crippen molar-refractivity contribution in [2.24, 2.45) is 11.3 Å². The summed E-state index contributed by atoms with van der Waals surface area (Å²) in [4.78, 5) is 25.2. The van der Waals surface area contributed by atoms with Crippen LogP contribution in [0.15, 0.2) is 72.4 Å². The summed E-state index contributed by atoms with van der Waals surface area (Å²) in [6.07, 6.45) is 6.16. The van der Waals surface area contributed by atoms with Gasteiger partial charge in [0.1, 0.15) is 6.29 Å². The van der Waals surface area contributed by atoms with E-state index in [0.717, 1.165) is 29.2 Å². The van der Waals surface area contributed by atoms with Crippen LogP contribution in [0.5, 0.6) is 0 Å². The summed E-state index contributed by atoms with van der Waals surface area (Å²) in [5.41, 5.74) is 3.75. The highest BCUT2D eigenvalue weighted by Gasteiger charge is 2.40. The number of aromatic nitrogens is 1. The van der Waals surface area contributed by atoms with Crippen molar-refractivity contribution in [3.05, 3.63) is 83.6 Å². The number of hydrogen-bond acceptors (Lipinski definition) is 2. The Morgan fingerprint density at radius 1 is 1.07 bits per heavy atom. The average Bonchev–Trinajstić information content (AvgIpc) is 3.06. The third-order valence-corrected chi connectivity index (χ3v) is 5.98. The van der Waals surface area contributed by atoms with Crippen molar-refractivity contribution in [1.29, 1.82) is 0 Å². The van der Waals surface area contributed by atoms with Crippen LogP contribution in [0.1, 0.15) is 49.0 Å². The minimum atomic E-state index is -0.123. The molecule has 0 aliphatic heterocycles. The van der Waals surface area contributed by atoms with E-state index < -0.39 is 0 Å². The minimum Gasteiger partial charge on any atom is -0.303 e. The molecule has 2 atom stereocenters. The summed E-state index contributed by atoms with van der Waals surface area (Å²) >= 11 is 0. The highest BCUT2D eigenvalue weighted by Crippen LogP contribution is 2.48. The van der Waals surface area contributed by atoms with Crippen LogP contribution in [0.4, 0.5) is 0 Å². The quantitative estimate of drug-likeness (QED) is 0.444. The molecule has 1 heterocycles. The zero-order valence-electron chi connectivity index (χ0n) is 16.6. The number of hydrogen-bond donors (Lipinski definition) is 0. The lowest BCUT2D eigenvalue weighted by molar-refractivity contribution is -0.114. The lowest BCUT2D eigenvalue weighted by atomic mass is 9.63. The molecular formula is C25H25NO2. The largest absolute Gasteiger partial charge is 0.303 e. The molecule has 0 radical (unpaired) electrons. The molecule has 3 nitrogen and oxygen atoms in total. The van der Waals surface area contributed by atoms with Gasteiger partial charge in [-0.3, -0.25) is 9.36 Å². The zero-order chi connectivity index (χ0) is 19.9. The van der Waals surface area contributed by atoms with Gasteiger partial charge in [0.25, 0.3) is 5.91 Å². The van der Waals surface area contributed by atoms with Crippen molar-refractivity contribution < 1.29 is 9.59 Å². The molecule has 2 aromatic carbocycles. The van der Waals surface area contributed by atoms with Gasteiger partial charge in [-0.05, 0) is 42.5 Å². The third-order valence-electron chi connectivity index (χ3n) is 5.98. The second-order valence-electron chi connectivity index (χ2n) is 8.51. The molecular weight excluding hydrogens is 346 g/mol. The third kappa shape index (κ3) is 3.01. The van der Waals surface area contributed by atoms with Crippen molar-refractivity contribution in [3.8, 4) is 0 Å². The maximum atomic E-state index is 13.2. The summed E-state index contributed by atoms with van der Waals surface area (Å²) in [7, 11) is 0. The van der Waals surface area contributed by atoms with Crippen molar-refractivity contribution in [2.45, 2.75) is 33.1 Å². The van der Waals surface area contributed by atoms with Crippen LogP contribution in [-0.2, 0) is 4.79 Å². The van der Waals surface area contributed by atoms with E-state index in [0.29, 0.717) is 5.56 Å². The molecule has 3 aromatic rings. The van der Waals surface area contributed by atoms with Crippen LogP contribution in [0.25, 0.3) is 10.9 Å². The molecule has 0 fully saturated rings. The van der Waals surface area contributed by atoms with Crippen LogP contribution in [0, 0.1) is 11.3 Å². The number of aldehydes is 1. The molecule has 1 aliphatic carbocycles. The number of allylic oxidation sites excluding steroid dienone is 2. The molecule has 0 saturated heterocycles. The Morgan fingerprint density at radius 3 is 2.46 bits per heavy atom. The molecule has 0 unspecified atom stereocenters. The van der Waals surface area contributed by atoms with Crippen LogP contribution in [-0.4, -0.2) is 16.8 Å². The van der Waals surface area contributed by atoms with Crippen molar-refractivity contribution in [3.63, 3.8) is 0 Å². The Labute approximate surface area is 165 Å². The number of rotatable bonds is 3. The Morgan fingerprint density at radius 2 is 1.75 bits per heavy atom. The van der Waals surface area contributed by atoms with Gasteiger partial charge in [-0.25, -0.2) is 0 Å². The maximum Gasteiger partial charge on any atom is 0.262 e. The maximum absolute atomic E-state index is 13.2. The molecule has 0 spiro atoms. The first-order valence-electron chi connectivity index (χ1n) is 9.75. The van der Waals surface area contributed by atoms with E-state index in [-0.39, 0.29) is 23.2 Å². The highest BCUT2D eigenvalue weighted by molar-refractivity contribution is 6.03. The van der Waals surface area contributed by atoms with Gasteiger partial charge < -0.3 is 4.79 Å². The van der Waals surface area contributed by atoms with Crippen LogP contribution in [0.3, 0.4) is 0 Å². The fraction of sp³-hybridized carbons (Fsp3) is 0.280. The van der Waals surface area contributed by atoms with E-state index in [9.17, 15) is 9.59 Å². The van der Waals surface area contributed by atoms with Crippen molar-refractivity contribution in [1.82, 2.24) is 4.57 Å². The predicted octanol–water partition coefficient (Wildman–Crippen LogP) is 5.60. The van der Waals surface area contributed by atoms with Gasteiger partial charge in [0.15, 0.2) is 0 Å². The molecule has 0 N–H and O–H groups in total. The van der Waals surface area contributed by atoms with Gasteiger partial charge >= 0.3 is 0 Å². The highest BCUT2D eigenvalue weighted by atomic mass is 16.2. The standard InChI is InChI=1S/C25H25NO2/c1-17-13-20(22(16-27)25(2,3)14-17)21-15-26(23-12-8-7-11-19(21)23)24(28)18-9-5-4-6-10-18/h4-13,15-16,20,22H,14H2,1-3H3/t20-,22-/m0/s1. The van der Waals surface area contributed by atoms with E-state index in [2.05, 4.69) is 26.8 Å². The summed E-state index contributed by atoms with van der Waals surface area (Å²) < 4.78 is 1.73. The molecule has 0 amide bonds. The van der Waals surface area contributed by atoms with Gasteiger partial charge in [-0.15, -0.1) is 0 Å². The van der Waals surface area contributed by atoms with E-state index in [1.807, 2.05) is 60.8 Å². The summed E-state index contributed by atoms with van der Waals surface area (Å²) in [5.74, 6) is -0.209. The number of carbonyl (C=O) groups is 2. The number of carbonyl (C=O) groups excluding carboxylic acids is 2. The average molecular weight is 371 g/mol. The van der Waals surface area contributed by atoms with E-state index >= 15 is 0 Å². The lowest BCUT2D eigenvalue weighted by Crippen LogP contribution is -2.33. The smallest absolute Gasteiger partial charge is 0.262 e. The van der Waals surface area contributed by atoms with E-state index in [1.54, 1.807) is 4.57 Å². The zero-order valence-corrected chi connectivity index (χ0v) is 16.6. The SMILES string of the molecule is CC1=C[C@@H](c2cn(C(=O)c3ccccc3)c3ccccc23)[C@H](C=O)C(C)(C)C1. The first-order valence-corrected chi connectivity index (χ1v) is 9.75. The number of benzene rings is 2. The molecule has 28 heavy (non-hydrogen) atoms. The van der Waals surface area contributed by atoms with E-state index in [4.69, 9.17) is 0 Å². The Bertz CT molecular complexity index is 1070. The van der Waals surface area contributed by atoms with Crippen LogP contribution < -0.4 is 0 Å². The number of para-hydroxylation sites is 1. The summed E-state index contributed by atoms with van der Waals surface area (Å²) in [6.45, 7) is 6.44. The normalized spacial score (nSPS) is 21.3. The van der Waals surface area contributed by atoms with Crippen molar-refractivity contribution >= 4 is 23.1 Å². The lowest BCUT2D eigenvalue weighted by Gasteiger charge is -2.39. The second kappa shape index (κ2) is 6.90. The second-order valence-corrected chi connectivity index (χ2v) is 8.51. The number of nitrogens with zero attached hydrogens (tertiary/aromatic N) is 1. The Balaban J connectivity index is 1.91. The first-order chi connectivity index (χ1) is 13.4. The fourth-order valence-corrected chi connectivity index (χ4v) is 4.70. The van der Waals surface area contributed by atoms with Gasteiger partial charge in [0.05, 0.1) is 5.52 Å². The molecule has 1 aromatic heterocycles. The Kier molecular flexibility index (Phi) is 4.54. The van der Waals surface area contributed by atoms with Gasteiger partial charge in [0.2, 0.25) is 0 Å². The molecule has 1 aliphatic rings. The van der Waals surface area contributed by atoms with Gasteiger partial charge in [-0.2, -0.15) is 0 Å². The van der Waals surface area contributed by atoms with Crippen LogP contribution >= 0.6 is 0 Å². The monoisotopic (exact) mass is 371 g/mol. The number of fused-ring (bicyclic) bond motifs is 1. The minimum absolute atomic E-state index is 0.0315. The predicted molar refractivity (Wildman–Crippen MR) is 113 cm³/mol. The fourth-order valence-electron chi connectivity index (χ4n) is 4.70. The van der Waals surface area contributed by atoms with Gasteiger partial charge in [-0.1, -0.05) is 61.9 Å². The van der Waals surface area contributed by atoms with E-state index in [1.165, 1.54) is 5.57 Å². The van der Waals surface area contributed by atoms with Crippen molar-refractivity contribution in [2.75, 3.05) is 0 Å². The molecule has 4 rings (SSSR count). The topological polar surface area (TPSA) is 39.1 Å². The summed E-state index contributed by atoms with van der Waals surface area (Å²) in [5, 5.41) is 1.03.